The van der Waals surface area contributed by atoms with Crippen molar-refractivity contribution in [2.24, 2.45) is 10.7 Å². The van der Waals surface area contributed by atoms with E-state index in [2.05, 4.69) is 4.99 Å². The van der Waals surface area contributed by atoms with Crippen molar-refractivity contribution in [3.05, 3.63) is 0 Å². The molecule has 0 unspecified atom stereocenters. The molecule has 5 nitrogen and oxygen atoms in total. The van der Waals surface area contributed by atoms with Crippen LogP contribution in [0.5, 0.6) is 0 Å². The third-order valence-corrected chi connectivity index (χ3v) is 3.42. The van der Waals surface area contributed by atoms with E-state index in [9.17, 15) is 4.79 Å². The van der Waals surface area contributed by atoms with Crippen LogP contribution in [-0.4, -0.2) is 54.4 Å². The summed E-state index contributed by atoms with van der Waals surface area (Å²) >= 11 is 0. The first-order valence-electron chi connectivity index (χ1n) is 5.99. The van der Waals surface area contributed by atoms with E-state index in [1.54, 1.807) is 4.90 Å². The average Bonchev–Trinajstić information content (AvgIpc) is 2.74. The average molecular weight is 224 g/mol. The zero-order valence-corrected chi connectivity index (χ0v) is 9.85. The highest BCUT2D eigenvalue weighted by atomic mass is 16.2. The molecule has 0 aromatic rings. The summed E-state index contributed by atoms with van der Waals surface area (Å²) in [4.78, 5) is 19.7. The summed E-state index contributed by atoms with van der Waals surface area (Å²) in [6, 6.07) is 0.384. The summed E-state index contributed by atoms with van der Waals surface area (Å²) in [7, 11) is 1.82. The molecule has 5 heteroatoms. The second-order valence-corrected chi connectivity index (χ2v) is 4.66. The molecule has 1 heterocycles. The largest absolute Gasteiger partial charge is 0.370 e. The first-order chi connectivity index (χ1) is 7.66. The molecular weight excluding hydrogens is 204 g/mol. The topological polar surface area (TPSA) is 61.9 Å². The van der Waals surface area contributed by atoms with Crippen molar-refractivity contribution in [1.29, 1.82) is 0 Å². The highest BCUT2D eigenvalue weighted by Crippen LogP contribution is 2.21. The Morgan fingerprint density at radius 2 is 2.06 bits per heavy atom. The number of nitrogens with zero attached hydrogens (tertiary/aromatic N) is 3. The highest BCUT2D eigenvalue weighted by molar-refractivity contribution is 5.86. The predicted molar refractivity (Wildman–Crippen MR) is 63.1 cm³/mol. The van der Waals surface area contributed by atoms with Gasteiger partial charge in [0.2, 0.25) is 5.91 Å². The van der Waals surface area contributed by atoms with E-state index in [1.165, 1.54) is 12.8 Å². The van der Waals surface area contributed by atoms with Gasteiger partial charge in [-0.3, -0.25) is 4.79 Å². The fourth-order valence-electron chi connectivity index (χ4n) is 2.26. The van der Waals surface area contributed by atoms with Crippen molar-refractivity contribution in [2.75, 3.05) is 26.7 Å². The lowest BCUT2D eigenvalue weighted by Crippen LogP contribution is -2.53. The summed E-state index contributed by atoms with van der Waals surface area (Å²) in [5.74, 6) is 0.671. The Kier molecular flexibility index (Phi) is 3.31. The van der Waals surface area contributed by atoms with Gasteiger partial charge in [0, 0.05) is 20.1 Å². The van der Waals surface area contributed by atoms with E-state index in [-0.39, 0.29) is 5.91 Å². The molecule has 0 radical (unpaired) electrons. The maximum absolute atomic E-state index is 11.5. The Bertz CT molecular complexity index is 296. The molecule has 1 aliphatic heterocycles. The molecule has 90 valence electrons. The van der Waals surface area contributed by atoms with Crippen molar-refractivity contribution >= 4 is 11.9 Å². The first-order valence-corrected chi connectivity index (χ1v) is 5.99. The molecule has 1 saturated heterocycles. The quantitative estimate of drug-likeness (QED) is 0.504. The van der Waals surface area contributed by atoms with Gasteiger partial charge in [-0.05, 0) is 12.8 Å². The first kappa shape index (κ1) is 11.2. The van der Waals surface area contributed by atoms with Crippen molar-refractivity contribution in [3.8, 4) is 0 Å². The molecule has 0 bridgehead atoms. The number of aliphatic imine (C=N–C) groups is 1. The summed E-state index contributed by atoms with van der Waals surface area (Å²) in [6.07, 6.45) is 4.79. The molecule has 0 spiro atoms. The second kappa shape index (κ2) is 4.72. The number of rotatable bonds is 1. The van der Waals surface area contributed by atoms with Crippen LogP contribution in [0.4, 0.5) is 0 Å². The number of piperazine rings is 1. The molecule has 0 aromatic carbocycles. The van der Waals surface area contributed by atoms with E-state index < -0.39 is 0 Å². The van der Waals surface area contributed by atoms with Gasteiger partial charge in [0.25, 0.3) is 0 Å². The number of guanidine groups is 1. The predicted octanol–water partition coefficient (Wildman–Crippen LogP) is 0.0177. The lowest BCUT2D eigenvalue weighted by atomic mass is 10.3. The van der Waals surface area contributed by atoms with E-state index >= 15 is 0 Å². The second-order valence-electron chi connectivity index (χ2n) is 4.66. The molecule has 2 aliphatic rings. The molecule has 1 aliphatic carbocycles. The molecular formula is C11H20N4O. The van der Waals surface area contributed by atoms with Gasteiger partial charge in [-0.1, -0.05) is 12.8 Å². The smallest absolute Gasteiger partial charge is 0.242 e. The molecule has 0 aromatic heterocycles. The zero-order valence-electron chi connectivity index (χ0n) is 9.85. The maximum Gasteiger partial charge on any atom is 0.242 e. The maximum atomic E-state index is 11.5. The third-order valence-electron chi connectivity index (χ3n) is 3.42. The minimum atomic E-state index is 0.121. The molecule has 16 heavy (non-hydrogen) atoms. The normalized spacial score (nSPS) is 24.3. The Balaban J connectivity index is 1.93. The Morgan fingerprint density at radius 3 is 2.69 bits per heavy atom. The standard InChI is InChI=1S/C11H20N4O/c1-14-6-7-15(8-10(14)16)11(12)13-9-4-2-3-5-9/h9H,2-8H2,1H3,(H2,12,13). The van der Waals surface area contributed by atoms with Crippen LogP contribution in [0.15, 0.2) is 4.99 Å². The van der Waals surface area contributed by atoms with Gasteiger partial charge in [0.15, 0.2) is 5.96 Å². The lowest BCUT2D eigenvalue weighted by molar-refractivity contribution is -0.132. The fourth-order valence-corrected chi connectivity index (χ4v) is 2.26. The summed E-state index contributed by atoms with van der Waals surface area (Å²) in [5, 5.41) is 0. The number of amides is 1. The highest BCUT2D eigenvalue weighted by Gasteiger charge is 2.23. The van der Waals surface area contributed by atoms with Gasteiger partial charge in [0.1, 0.15) is 0 Å². The molecule has 2 rings (SSSR count). The minimum Gasteiger partial charge on any atom is -0.370 e. The lowest BCUT2D eigenvalue weighted by Gasteiger charge is -2.32. The van der Waals surface area contributed by atoms with Gasteiger partial charge in [-0.15, -0.1) is 0 Å². The van der Waals surface area contributed by atoms with Gasteiger partial charge in [-0.2, -0.15) is 0 Å². The number of carbonyl (C=O) groups is 1. The van der Waals surface area contributed by atoms with Crippen LogP contribution in [0.2, 0.25) is 0 Å². The molecule has 1 amide bonds. The number of nitrogens with two attached hydrogens (primary N) is 1. The van der Waals surface area contributed by atoms with Crippen LogP contribution in [-0.2, 0) is 4.79 Å². The van der Waals surface area contributed by atoms with Crippen LogP contribution < -0.4 is 5.73 Å². The molecule has 1 saturated carbocycles. The van der Waals surface area contributed by atoms with E-state index in [0.717, 1.165) is 25.9 Å². The van der Waals surface area contributed by atoms with E-state index in [4.69, 9.17) is 5.73 Å². The van der Waals surface area contributed by atoms with Crippen molar-refractivity contribution in [1.82, 2.24) is 9.80 Å². The third kappa shape index (κ3) is 2.46. The Labute approximate surface area is 96.3 Å². The molecule has 0 atom stereocenters. The van der Waals surface area contributed by atoms with Gasteiger partial charge < -0.3 is 15.5 Å². The zero-order chi connectivity index (χ0) is 11.5. The summed E-state index contributed by atoms with van der Waals surface area (Å²) in [5.41, 5.74) is 5.94. The van der Waals surface area contributed by atoms with Gasteiger partial charge in [0.05, 0.1) is 12.6 Å². The number of likely N-dealkylation sites (N-methyl/N-ethyl adjacent to an activating group) is 1. The minimum absolute atomic E-state index is 0.121. The van der Waals surface area contributed by atoms with Gasteiger partial charge in [-0.25, -0.2) is 4.99 Å². The Morgan fingerprint density at radius 1 is 1.38 bits per heavy atom. The van der Waals surface area contributed by atoms with Crippen molar-refractivity contribution in [2.45, 2.75) is 31.7 Å². The Hall–Kier alpha value is -1.26. The molecule has 2 fully saturated rings. The summed E-state index contributed by atoms with van der Waals surface area (Å²) in [6.45, 7) is 1.91. The fraction of sp³-hybridized carbons (Fsp3) is 0.818. The molecule has 2 N–H and O–H groups in total. The van der Waals surface area contributed by atoms with Crippen LogP contribution in [0, 0.1) is 0 Å². The van der Waals surface area contributed by atoms with Crippen LogP contribution in [0.3, 0.4) is 0 Å². The van der Waals surface area contributed by atoms with Crippen molar-refractivity contribution < 1.29 is 4.79 Å². The van der Waals surface area contributed by atoms with E-state index in [0.29, 0.717) is 18.5 Å². The van der Waals surface area contributed by atoms with Crippen molar-refractivity contribution in [3.63, 3.8) is 0 Å². The SMILES string of the molecule is CN1CCN(C(N)=NC2CCCC2)CC1=O. The summed E-state index contributed by atoms with van der Waals surface area (Å²) < 4.78 is 0. The number of hydrogen-bond acceptors (Lipinski definition) is 2. The van der Waals surface area contributed by atoms with Crippen LogP contribution in [0.1, 0.15) is 25.7 Å². The van der Waals surface area contributed by atoms with Crippen LogP contribution >= 0.6 is 0 Å². The van der Waals surface area contributed by atoms with Crippen LogP contribution in [0.25, 0.3) is 0 Å². The van der Waals surface area contributed by atoms with Gasteiger partial charge >= 0.3 is 0 Å². The number of hydrogen-bond donors (Lipinski definition) is 1. The monoisotopic (exact) mass is 224 g/mol. The number of carbonyl (C=O) groups excluding carboxylic acids is 1. The van der Waals surface area contributed by atoms with E-state index in [1.807, 2.05) is 11.9 Å².